The van der Waals surface area contributed by atoms with E-state index in [2.05, 4.69) is 20.1 Å². The Labute approximate surface area is 177 Å². The fourth-order valence-electron chi connectivity index (χ4n) is 3.23. The monoisotopic (exact) mass is 422 g/mol. The van der Waals surface area contributed by atoms with Gasteiger partial charge in [-0.1, -0.05) is 11.6 Å². The number of furan rings is 1. The van der Waals surface area contributed by atoms with Crippen molar-refractivity contribution >= 4 is 17.6 Å². The molecule has 3 heterocycles. The Morgan fingerprint density at radius 1 is 1.38 bits per heavy atom. The summed E-state index contributed by atoms with van der Waals surface area (Å²) >= 11 is 6.12. The van der Waals surface area contributed by atoms with E-state index in [1.54, 1.807) is 12.5 Å². The fraction of sp³-hybridized carbons (Fsp3) is 0.600. The molecule has 2 aromatic rings. The van der Waals surface area contributed by atoms with Gasteiger partial charge in [-0.05, 0) is 18.6 Å². The summed E-state index contributed by atoms with van der Waals surface area (Å²) in [5.41, 5.74) is 0. The number of halogens is 1. The molecular formula is C20H31ClN6O2. The number of nitrogens with one attached hydrogen (secondary N) is 1. The number of ether oxygens (including phenoxy) is 1. The van der Waals surface area contributed by atoms with Gasteiger partial charge >= 0.3 is 0 Å². The molecule has 0 saturated carbocycles. The molecule has 9 heteroatoms. The van der Waals surface area contributed by atoms with E-state index in [4.69, 9.17) is 25.7 Å². The van der Waals surface area contributed by atoms with Crippen LogP contribution in [0.4, 0.5) is 0 Å². The van der Waals surface area contributed by atoms with E-state index < -0.39 is 0 Å². The number of rotatable bonds is 9. The van der Waals surface area contributed by atoms with Gasteiger partial charge in [-0.2, -0.15) is 0 Å². The van der Waals surface area contributed by atoms with Crippen molar-refractivity contribution in [3.63, 3.8) is 0 Å². The van der Waals surface area contributed by atoms with E-state index in [9.17, 15) is 0 Å². The van der Waals surface area contributed by atoms with Gasteiger partial charge in [-0.3, -0.25) is 9.89 Å². The summed E-state index contributed by atoms with van der Waals surface area (Å²) in [7, 11) is 3.94. The van der Waals surface area contributed by atoms with Gasteiger partial charge in [0.05, 0.1) is 32.2 Å². The Hall–Kier alpha value is -2.03. The Morgan fingerprint density at radius 2 is 2.21 bits per heavy atom. The first-order chi connectivity index (χ1) is 14.1. The highest BCUT2D eigenvalue weighted by atomic mass is 35.5. The lowest BCUT2D eigenvalue weighted by molar-refractivity contribution is 0.0377. The number of imidazole rings is 1. The lowest BCUT2D eigenvalue weighted by atomic mass is 10.3. The summed E-state index contributed by atoms with van der Waals surface area (Å²) in [5.74, 6) is 2.71. The van der Waals surface area contributed by atoms with Gasteiger partial charge in [0.25, 0.3) is 0 Å². The van der Waals surface area contributed by atoms with Crippen LogP contribution in [0.2, 0.25) is 5.15 Å². The van der Waals surface area contributed by atoms with E-state index in [1.165, 1.54) is 0 Å². The fourth-order valence-corrected chi connectivity index (χ4v) is 3.37. The predicted molar refractivity (Wildman–Crippen MR) is 114 cm³/mol. The molecule has 1 saturated heterocycles. The second-order valence-electron chi connectivity index (χ2n) is 7.18. The molecule has 2 aromatic heterocycles. The molecule has 0 radical (unpaired) electrons. The largest absolute Gasteiger partial charge is 0.469 e. The summed E-state index contributed by atoms with van der Waals surface area (Å²) < 4.78 is 12.7. The van der Waals surface area contributed by atoms with E-state index in [-0.39, 0.29) is 0 Å². The van der Waals surface area contributed by atoms with Crippen molar-refractivity contribution in [2.24, 2.45) is 12.0 Å². The minimum Gasteiger partial charge on any atom is -0.469 e. The summed E-state index contributed by atoms with van der Waals surface area (Å²) in [5, 5.41) is 4.08. The first-order valence-electron chi connectivity index (χ1n) is 10.1. The first-order valence-corrected chi connectivity index (χ1v) is 10.5. The van der Waals surface area contributed by atoms with E-state index in [1.807, 2.05) is 30.8 Å². The topological polar surface area (TPSA) is 71.1 Å². The molecule has 0 amide bonds. The standard InChI is InChI=1S/C20H31ClN6O2/c1-25(16-19-24-15-18(21)26(19)2)20(23-8-6-17-5-3-12-29-17)22-7-4-9-27-10-13-28-14-11-27/h3,5,12,15H,4,6-11,13-14,16H2,1-2H3,(H,22,23). The first kappa shape index (κ1) is 21.7. The van der Waals surface area contributed by atoms with Crippen LogP contribution < -0.4 is 5.32 Å². The van der Waals surface area contributed by atoms with Gasteiger partial charge < -0.3 is 23.9 Å². The number of guanidine groups is 1. The van der Waals surface area contributed by atoms with Crippen molar-refractivity contribution in [1.29, 1.82) is 0 Å². The molecule has 8 nitrogen and oxygen atoms in total. The zero-order chi connectivity index (χ0) is 20.5. The molecule has 1 aliphatic heterocycles. The van der Waals surface area contributed by atoms with Crippen LogP contribution in [0.25, 0.3) is 0 Å². The van der Waals surface area contributed by atoms with Crippen LogP contribution in [0, 0.1) is 0 Å². The molecule has 3 rings (SSSR count). The van der Waals surface area contributed by atoms with Crippen molar-refractivity contribution in [3.8, 4) is 0 Å². The zero-order valence-electron chi connectivity index (χ0n) is 17.3. The van der Waals surface area contributed by atoms with Crippen LogP contribution >= 0.6 is 11.6 Å². The highest BCUT2D eigenvalue weighted by molar-refractivity contribution is 6.29. The molecule has 1 aliphatic rings. The Balaban J connectivity index is 1.54. The summed E-state index contributed by atoms with van der Waals surface area (Å²) in [6.07, 6.45) is 5.20. The van der Waals surface area contributed by atoms with E-state index in [0.29, 0.717) is 11.7 Å². The van der Waals surface area contributed by atoms with E-state index >= 15 is 0 Å². The highest BCUT2D eigenvalue weighted by Crippen LogP contribution is 2.10. The maximum atomic E-state index is 6.12. The number of nitrogens with zero attached hydrogens (tertiary/aromatic N) is 5. The normalized spacial score (nSPS) is 15.6. The third kappa shape index (κ3) is 6.76. The quantitative estimate of drug-likeness (QED) is 0.378. The summed E-state index contributed by atoms with van der Waals surface area (Å²) in [4.78, 5) is 13.7. The molecule has 1 N–H and O–H groups in total. The van der Waals surface area contributed by atoms with Gasteiger partial charge in [-0.15, -0.1) is 0 Å². The van der Waals surface area contributed by atoms with Gasteiger partial charge in [0.15, 0.2) is 5.96 Å². The molecule has 0 unspecified atom stereocenters. The van der Waals surface area contributed by atoms with Crippen LogP contribution in [0.1, 0.15) is 18.0 Å². The lowest BCUT2D eigenvalue weighted by Crippen LogP contribution is -2.40. The summed E-state index contributed by atoms with van der Waals surface area (Å²) in [6, 6.07) is 3.90. The Morgan fingerprint density at radius 3 is 2.90 bits per heavy atom. The van der Waals surface area contributed by atoms with Crippen LogP contribution in [0.3, 0.4) is 0 Å². The third-order valence-corrected chi connectivity index (χ3v) is 5.35. The number of aromatic nitrogens is 2. The molecule has 0 atom stereocenters. The van der Waals surface area contributed by atoms with Crippen LogP contribution in [-0.2, 0) is 24.8 Å². The molecule has 1 fully saturated rings. The maximum absolute atomic E-state index is 6.12. The SMILES string of the molecule is CN(Cc1ncc(Cl)n1C)C(=NCCCN1CCOCC1)NCCc1ccco1. The number of morpholine rings is 1. The molecule has 0 spiro atoms. The average molecular weight is 423 g/mol. The second kappa shape index (κ2) is 11.2. The van der Waals surface area contributed by atoms with Crippen molar-refractivity contribution in [1.82, 2.24) is 24.7 Å². The van der Waals surface area contributed by atoms with Crippen molar-refractivity contribution in [2.75, 3.05) is 53.0 Å². The molecule has 0 aliphatic carbocycles. The van der Waals surface area contributed by atoms with Crippen LogP contribution in [-0.4, -0.2) is 78.3 Å². The number of hydrogen-bond acceptors (Lipinski definition) is 5. The number of aliphatic imine (C=N–C) groups is 1. The van der Waals surface area contributed by atoms with Crippen molar-refractivity contribution < 1.29 is 9.15 Å². The highest BCUT2D eigenvalue weighted by Gasteiger charge is 2.13. The van der Waals surface area contributed by atoms with Gasteiger partial charge in [0.1, 0.15) is 16.7 Å². The van der Waals surface area contributed by atoms with E-state index in [0.717, 1.165) is 76.3 Å². The van der Waals surface area contributed by atoms with Gasteiger partial charge in [-0.25, -0.2) is 4.98 Å². The number of hydrogen-bond donors (Lipinski definition) is 1. The molecule has 160 valence electrons. The van der Waals surface area contributed by atoms with Crippen LogP contribution in [0.5, 0.6) is 0 Å². The Kier molecular flexibility index (Phi) is 8.39. The summed E-state index contributed by atoms with van der Waals surface area (Å²) in [6.45, 7) is 6.88. The third-order valence-electron chi connectivity index (χ3n) is 5.00. The van der Waals surface area contributed by atoms with Gasteiger partial charge in [0, 0.05) is 53.2 Å². The maximum Gasteiger partial charge on any atom is 0.194 e. The van der Waals surface area contributed by atoms with Crippen molar-refractivity contribution in [3.05, 3.63) is 41.3 Å². The van der Waals surface area contributed by atoms with Crippen LogP contribution in [0.15, 0.2) is 34.0 Å². The smallest absolute Gasteiger partial charge is 0.194 e. The van der Waals surface area contributed by atoms with Gasteiger partial charge in [0.2, 0.25) is 0 Å². The van der Waals surface area contributed by atoms with Crippen molar-refractivity contribution in [2.45, 2.75) is 19.4 Å². The average Bonchev–Trinajstić information content (AvgIpc) is 3.36. The minimum absolute atomic E-state index is 0.624. The predicted octanol–water partition coefficient (Wildman–Crippen LogP) is 2.01. The lowest BCUT2D eigenvalue weighted by Gasteiger charge is -2.26. The molecular weight excluding hydrogens is 392 g/mol. The molecule has 0 bridgehead atoms. The molecule has 29 heavy (non-hydrogen) atoms. The zero-order valence-corrected chi connectivity index (χ0v) is 18.1. The molecule has 0 aromatic carbocycles. The Bertz CT molecular complexity index is 755. The second-order valence-corrected chi connectivity index (χ2v) is 7.57. The minimum atomic E-state index is 0.624.